The van der Waals surface area contributed by atoms with Gasteiger partial charge in [0.1, 0.15) is 16.7 Å². The zero-order valence-corrected chi connectivity index (χ0v) is 24.4. The lowest BCUT2D eigenvalue weighted by Crippen LogP contribution is -2.31. The number of fused-ring (bicyclic) bond motifs is 14. The number of halogens is 1. The molecule has 3 heterocycles. The molecule has 1 spiro atoms. The second kappa shape index (κ2) is 8.27. The van der Waals surface area contributed by atoms with Gasteiger partial charge in [-0.2, -0.15) is 0 Å². The molecular formula is C39H22BrNO2. The first-order chi connectivity index (χ1) is 21.2. The van der Waals surface area contributed by atoms with Crippen molar-refractivity contribution in [1.29, 1.82) is 0 Å². The molecule has 1 aliphatic carbocycles. The number of para-hydroxylation sites is 4. The second-order valence-electron chi connectivity index (χ2n) is 11.4. The predicted molar refractivity (Wildman–Crippen MR) is 176 cm³/mol. The summed E-state index contributed by atoms with van der Waals surface area (Å²) >= 11 is 3.81. The van der Waals surface area contributed by atoms with Crippen molar-refractivity contribution in [1.82, 2.24) is 4.57 Å². The van der Waals surface area contributed by atoms with Gasteiger partial charge in [-0.3, -0.25) is 0 Å². The molecule has 1 unspecified atom stereocenters. The third kappa shape index (κ3) is 2.89. The molecule has 0 N–H and O–H groups in total. The van der Waals surface area contributed by atoms with Crippen molar-refractivity contribution in [2.24, 2.45) is 0 Å². The summed E-state index contributed by atoms with van der Waals surface area (Å²) in [6.45, 7) is 0. The van der Waals surface area contributed by atoms with E-state index >= 15 is 0 Å². The number of aromatic nitrogens is 1. The van der Waals surface area contributed by atoms with Crippen LogP contribution in [0.25, 0.3) is 49.6 Å². The van der Waals surface area contributed by atoms with Crippen molar-refractivity contribution in [3.63, 3.8) is 0 Å². The van der Waals surface area contributed by atoms with Gasteiger partial charge in [-0.05, 0) is 76.9 Å². The maximum atomic E-state index is 6.86. The van der Waals surface area contributed by atoms with Crippen LogP contribution in [0.5, 0.6) is 11.5 Å². The van der Waals surface area contributed by atoms with E-state index in [1.807, 2.05) is 24.3 Å². The fraction of sp³-hybridized carbons (Fsp3) is 0.0256. The lowest BCUT2D eigenvalue weighted by molar-refractivity contribution is 0.389. The summed E-state index contributed by atoms with van der Waals surface area (Å²) in [5.41, 5.74) is 9.48. The zero-order valence-electron chi connectivity index (χ0n) is 22.8. The fourth-order valence-corrected chi connectivity index (χ4v) is 7.99. The van der Waals surface area contributed by atoms with Crippen LogP contribution in [0.15, 0.2) is 142 Å². The minimum atomic E-state index is -0.702. The number of benzene rings is 6. The summed E-state index contributed by atoms with van der Waals surface area (Å²) in [5.74, 6) is 2.46. The summed E-state index contributed by atoms with van der Waals surface area (Å²) in [6.07, 6.45) is 0. The quantitative estimate of drug-likeness (QED) is 0.184. The van der Waals surface area contributed by atoms with Gasteiger partial charge >= 0.3 is 0 Å². The molecule has 0 bridgehead atoms. The summed E-state index contributed by atoms with van der Waals surface area (Å²) in [4.78, 5) is 0. The Labute approximate surface area is 255 Å². The summed E-state index contributed by atoms with van der Waals surface area (Å²) in [5, 5.41) is 3.47. The Kier molecular flexibility index (Phi) is 4.52. The summed E-state index contributed by atoms with van der Waals surface area (Å²) in [7, 11) is 0. The van der Waals surface area contributed by atoms with E-state index in [-0.39, 0.29) is 0 Å². The van der Waals surface area contributed by atoms with E-state index < -0.39 is 5.41 Å². The van der Waals surface area contributed by atoms with Crippen molar-refractivity contribution in [2.45, 2.75) is 5.41 Å². The van der Waals surface area contributed by atoms with E-state index in [9.17, 15) is 0 Å². The minimum Gasteiger partial charge on any atom is -0.455 e. The van der Waals surface area contributed by atoms with Crippen LogP contribution in [0.3, 0.4) is 0 Å². The predicted octanol–water partition coefficient (Wildman–Crippen LogP) is 10.8. The van der Waals surface area contributed by atoms with Gasteiger partial charge in [-0.1, -0.05) is 94.8 Å². The van der Waals surface area contributed by atoms with E-state index in [4.69, 9.17) is 9.15 Å². The Balaban J connectivity index is 1.37. The van der Waals surface area contributed by atoms with E-state index in [1.54, 1.807) is 0 Å². The molecular weight excluding hydrogens is 594 g/mol. The lowest BCUT2D eigenvalue weighted by atomic mass is 9.69. The Hall–Kier alpha value is -5.06. The molecule has 1 aliphatic heterocycles. The molecule has 1 atom stereocenters. The van der Waals surface area contributed by atoms with E-state index in [1.165, 1.54) is 44.1 Å². The highest BCUT2D eigenvalue weighted by Crippen LogP contribution is 2.64. The fourth-order valence-electron chi connectivity index (χ4n) is 7.63. The average Bonchev–Trinajstić information content (AvgIpc) is 3.68. The van der Waals surface area contributed by atoms with Crippen molar-refractivity contribution in [3.05, 3.63) is 160 Å². The van der Waals surface area contributed by atoms with Crippen LogP contribution in [0.2, 0.25) is 0 Å². The maximum absolute atomic E-state index is 6.86. The largest absolute Gasteiger partial charge is 0.455 e. The second-order valence-corrected chi connectivity index (χ2v) is 12.3. The Morgan fingerprint density at radius 2 is 1.19 bits per heavy atom. The molecule has 4 heteroatoms. The van der Waals surface area contributed by atoms with Crippen molar-refractivity contribution in [2.75, 3.05) is 0 Å². The molecule has 202 valence electrons. The molecule has 6 aromatic carbocycles. The summed E-state index contributed by atoms with van der Waals surface area (Å²) in [6, 6.07) is 47.5. The van der Waals surface area contributed by atoms with Crippen LogP contribution in [-0.4, -0.2) is 4.57 Å². The van der Waals surface area contributed by atoms with Gasteiger partial charge in [-0.15, -0.1) is 0 Å². The van der Waals surface area contributed by atoms with E-state index in [0.29, 0.717) is 0 Å². The molecule has 0 amide bonds. The van der Waals surface area contributed by atoms with Crippen LogP contribution < -0.4 is 4.74 Å². The SMILES string of the molecule is Brc1ccc2c(c1)C1(c3ccccc3Oc3c1oc1ccccc31)c1cc(-n3c4ccccc4c4ccccc43)ccc1-2. The number of nitrogens with zero attached hydrogens (tertiary/aromatic N) is 1. The van der Waals surface area contributed by atoms with Gasteiger partial charge in [0.2, 0.25) is 0 Å². The molecule has 0 radical (unpaired) electrons. The van der Waals surface area contributed by atoms with Crippen LogP contribution in [0.1, 0.15) is 22.5 Å². The Bertz CT molecular complexity index is 2410. The van der Waals surface area contributed by atoms with Crippen LogP contribution in [-0.2, 0) is 5.41 Å². The normalized spacial score (nSPS) is 16.3. The monoisotopic (exact) mass is 615 g/mol. The first-order valence-electron chi connectivity index (χ1n) is 14.5. The molecule has 0 saturated carbocycles. The highest BCUT2D eigenvalue weighted by molar-refractivity contribution is 9.10. The summed E-state index contributed by atoms with van der Waals surface area (Å²) < 4.78 is 17.0. The number of hydrogen-bond donors (Lipinski definition) is 0. The third-order valence-corrected chi connectivity index (χ3v) is 9.81. The molecule has 0 fully saturated rings. The maximum Gasteiger partial charge on any atom is 0.178 e. The van der Waals surface area contributed by atoms with Crippen molar-refractivity contribution >= 4 is 48.7 Å². The average molecular weight is 617 g/mol. The molecule has 2 aromatic heterocycles. The third-order valence-electron chi connectivity index (χ3n) is 9.31. The topological polar surface area (TPSA) is 27.3 Å². The molecule has 43 heavy (non-hydrogen) atoms. The number of furan rings is 1. The highest BCUT2D eigenvalue weighted by Gasteiger charge is 2.54. The van der Waals surface area contributed by atoms with Crippen molar-refractivity contribution < 1.29 is 9.15 Å². The lowest BCUT2D eigenvalue weighted by Gasteiger charge is -2.36. The van der Waals surface area contributed by atoms with Gasteiger partial charge in [-0.25, -0.2) is 0 Å². The number of ether oxygens (including phenoxy) is 1. The van der Waals surface area contributed by atoms with Gasteiger partial charge in [0.25, 0.3) is 0 Å². The van der Waals surface area contributed by atoms with Crippen LogP contribution >= 0.6 is 15.9 Å². The van der Waals surface area contributed by atoms with Gasteiger partial charge < -0.3 is 13.7 Å². The van der Waals surface area contributed by atoms with Gasteiger partial charge in [0, 0.05) is 26.5 Å². The van der Waals surface area contributed by atoms with Gasteiger partial charge in [0.05, 0.1) is 16.4 Å². The first kappa shape index (κ1) is 23.5. The first-order valence-corrected chi connectivity index (χ1v) is 15.3. The Morgan fingerprint density at radius 3 is 1.98 bits per heavy atom. The van der Waals surface area contributed by atoms with Crippen molar-refractivity contribution in [3.8, 4) is 28.3 Å². The number of rotatable bonds is 1. The standard InChI is InChI=1S/C39H22BrNO2/c40-23-17-19-25-26-20-18-24(41-33-13-5-1-9-27(33)28-10-2-6-14-34(28)41)22-32(26)39(31(25)21-23)30-12-4-8-16-36(30)42-37-29-11-3-7-15-35(29)43-38(37)39/h1-22H. The zero-order chi connectivity index (χ0) is 28.3. The molecule has 10 rings (SSSR count). The van der Waals surface area contributed by atoms with E-state index in [0.717, 1.165) is 44.0 Å². The van der Waals surface area contributed by atoms with Crippen LogP contribution in [0.4, 0.5) is 0 Å². The molecule has 0 saturated heterocycles. The molecule has 3 nitrogen and oxygen atoms in total. The van der Waals surface area contributed by atoms with Crippen LogP contribution in [0, 0.1) is 0 Å². The Morgan fingerprint density at radius 1 is 0.558 bits per heavy atom. The molecule has 2 aliphatic rings. The minimum absolute atomic E-state index is 0.702. The highest BCUT2D eigenvalue weighted by atomic mass is 79.9. The van der Waals surface area contributed by atoms with Gasteiger partial charge in [0.15, 0.2) is 11.5 Å². The smallest absolute Gasteiger partial charge is 0.178 e. The molecule has 8 aromatic rings. The number of hydrogen-bond acceptors (Lipinski definition) is 2. The van der Waals surface area contributed by atoms with E-state index in [2.05, 4.69) is 130 Å².